The highest BCUT2D eigenvalue weighted by Crippen LogP contribution is 2.43. The van der Waals surface area contributed by atoms with Crippen LogP contribution in [-0.2, 0) is 4.79 Å². The number of ether oxygens (including phenoxy) is 3. The van der Waals surface area contributed by atoms with Crippen molar-refractivity contribution in [1.82, 2.24) is 19.7 Å². The third-order valence-corrected chi connectivity index (χ3v) is 6.12. The number of fused-ring (bicyclic) bond motifs is 1. The molecule has 0 aliphatic carbocycles. The van der Waals surface area contributed by atoms with Gasteiger partial charge in [0.25, 0.3) is 5.91 Å². The predicted molar refractivity (Wildman–Crippen MR) is 139 cm³/mol. The molecule has 0 saturated carbocycles. The number of pyridine rings is 1. The van der Waals surface area contributed by atoms with Crippen LogP contribution in [0.15, 0.2) is 78.3 Å². The Morgan fingerprint density at radius 1 is 0.946 bits per heavy atom. The molecule has 0 saturated heterocycles. The molecule has 0 fully saturated rings. The van der Waals surface area contributed by atoms with Gasteiger partial charge < -0.3 is 24.8 Å². The van der Waals surface area contributed by atoms with Gasteiger partial charge in [-0.2, -0.15) is 4.98 Å². The first-order valence-corrected chi connectivity index (χ1v) is 11.6. The predicted octanol–water partition coefficient (Wildman–Crippen LogP) is 4.29. The molecule has 5 rings (SSSR count). The van der Waals surface area contributed by atoms with Gasteiger partial charge in [-0.05, 0) is 37.3 Å². The quantitative estimate of drug-likeness (QED) is 0.388. The van der Waals surface area contributed by atoms with E-state index in [-0.39, 0.29) is 5.91 Å². The maximum absolute atomic E-state index is 13.9. The van der Waals surface area contributed by atoms with E-state index in [1.165, 1.54) is 0 Å². The lowest BCUT2D eigenvalue weighted by Gasteiger charge is -2.30. The van der Waals surface area contributed by atoms with Gasteiger partial charge in [0, 0.05) is 29.2 Å². The van der Waals surface area contributed by atoms with Crippen molar-refractivity contribution in [2.75, 3.05) is 32.0 Å². The van der Waals surface area contributed by atoms with Gasteiger partial charge in [0.1, 0.15) is 11.8 Å². The van der Waals surface area contributed by atoms with Gasteiger partial charge in [0.2, 0.25) is 5.95 Å². The number of aromatic nitrogens is 4. The number of carbonyl (C=O) groups excluding carboxylic acids is 1. The third kappa shape index (κ3) is 4.33. The second-order valence-electron chi connectivity index (χ2n) is 8.24. The van der Waals surface area contributed by atoms with Crippen molar-refractivity contribution in [2.45, 2.75) is 13.0 Å². The molecule has 10 nitrogen and oxygen atoms in total. The Balaban J connectivity index is 1.67. The summed E-state index contributed by atoms with van der Waals surface area (Å²) in [7, 11) is 4.70. The minimum absolute atomic E-state index is 0.323. The number of amides is 1. The molecule has 0 bridgehead atoms. The molecule has 2 N–H and O–H groups in total. The van der Waals surface area contributed by atoms with E-state index in [9.17, 15) is 4.79 Å². The highest BCUT2D eigenvalue weighted by Gasteiger charge is 2.37. The first-order chi connectivity index (χ1) is 18.0. The Labute approximate surface area is 213 Å². The summed E-state index contributed by atoms with van der Waals surface area (Å²) in [4.78, 5) is 22.6. The minimum Gasteiger partial charge on any atom is -0.495 e. The third-order valence-electron chi connectivity index (χ3n) is 6.12. The molecule has 3 heterocycles. The lowest BCUT2D eigenvalue weighted by atomic mass is 9.94. The van der Waals surface area contributed by atoms with E-state index in [2.05, 4.69) is 15.6 Å². The first kappa shape index (κ1) is 23.9. The Hall–Kier alpha value is -4.86. The lowest BCUT2D eigenvalue weighted by Crippen LogP contribution is -2.32. The van der Waals surface area contributed by atoms with Crippen LogP contribution in [0.1, 0.15) is 18.5 Å². The van der Waals surface area contributed by atoms with Crippen molar-refractivity contribution in [3.8, 4) is 28.6 Å². The molecule has 0 radical (unpaired) electrons. The number of hydrogen-bond acceptors (Lipinski definition) is 8. The standard InChI is InChI=1S/C27H26N6O4/c1-16-22(26(34)30-19-9-5-6-10-20(19)35-2)23(18-8-7-11-21(36-3)24(18)37-4)33-27(29-16)31-25(32-33)17-12-14-28-15-13-17/h5-15,23H,1-4H3,(H,30,34)(H,29,31,32). The number of allylic oxidation sites excluding steroid dienone is 1. The molecule has 4 aromatic rings. The molecular weight excluding hydrogens is 472 g/mol. The summed E-state index contributed by atoms with van der Waals surface area (Å²) in [6.07, 6.45) is 3.36. The number of rotatable bonds is 7. The number of nitrogens with one attached hydrogen (secondary N) is 2. The highest BCUT2D eigenvalue weighted by molar-refractivity contribution is 6.06. The second kappa shape index (κ2) is 10.0. The smallest absolute Gasteiger partial charge is 0.255 e. The molecular formula is C27H26N6O4. The summed E-state index contributed by atoms with van der Waals surface area (Å²) in [5.41, 5.74) is 3.11. The normalized spacial score (nSPS) is 14.4. The topological polar surface area (TPSA) is 112 Å². The number of para-hydroxylation sites is 3. The zero-order valence-electron chi connectivity index (χ0n) is 20.9. The molecule has 10 heteroatoms. The summed E-state index contributed by atoms with van der Waals surface area (Å²) in [5, 5.41) is 11.0. The van der Waals surface area contributed by atoms with Crippen LogP contribution < -0.4 is 24.8 Å². The van der Waals surface area contributed by atoms with E-state index in [0.29, 0.717) is 51.5 Å². The number of benzene rings is 2. The molecule has 1 aliphatic heterocycles. The minimum atomic E-state index is -0.668. The lowest BCUT2D eigenvalue weighted by molar-refractivity contribution is -0.113. The molecule has 1 amide bonds. The number of methoxy groups -OCH3 is 3. The average molecular weight is 499 g/mol. The fraction of sp³-hybridized carbons (Fsp3) is 0.185. The van der Waals surface area contributed by atoms with Gasteiger partial charge in [-0.25, -0.2) is 4.68 Å². The highest BCUT2D eigenvalue weighted by atomic mass is 16.5. The molecule has 2 aromatic carbocycles. The van der Waals surface area contributed by atoms with Crippen molar-refractivity contribution < 1.29 is 19.0 Å². The average Bonchev–Trinajstić information content (AvgIpc) is 3.36. The summed E-state index contributed by atoms with van der Waals surface area (Å²) in [6, 6.07) is 15.8. The van der Waals surface area contributed by atoms with E-state index in [0.717, 1.165) is 5.56 Å². The van der Waals surface area contributed by atoms with Gasteiger partial charge >= 0.3 is 0 Å². The van der Waals surface area contributed by atoms with Crippen LogP contribution in [0, 0.1) is 0 Å². The second-order valence-corrected chi connectivity index (χ2v) is 8.24. The van der Waals surface area contributed by atoms with Gasteiger partial charge in [0.05, 0.1) is 32.6 Å². The van der Waals surface area contributed by atoms with E-state index in [1.54, 1.807) is 56.6 Å². The number of hydrogen-bond donors (Lipinski definition) is 2. The summed E-state index contributed by atoms with van der Waals surface area (Å²) in [6.45, 7) is 1.83. The van der Waals surface area contributed by atoms with Gasteiger partial charge in [0.15, 0.2) is 17.3 Å². The van der Waals surface area contributed by atoms with Crippen molar-refractivity contribution in [3.63, 3.8) is 0 Å². The zero-order valence-corrected chi connectivity index (χ0v) is 20.9. The summed E-state index contributed by atoms with van der Waals surface area (Å²) < 4.78 is 18.4. The molecule has 1 aliphatic rings. The molecule has 1 atom stereocenters. The van der Waals surface area contributed by atoms with Crippen LogP contribution in [0.3, 0.4) is 0 Å². The first-order valence-electron chi connectivity index (χ1n) is 11.6. The van der Waals surface area contributed by atoms with E-state index >= 15 is 0 Å². The Kier molecular flexibility index (Phi) is 6.46. The molecule has 1 unspecified atom stereocenters. The maximum atomic E-state index is 13.9. The van der Waals surface area contributed by atoms with Crippen molar-refractivity contribution in [3.05, 3.63) is 83.8 Å². The van der Waals surface area contributed by atoms with Crippen LogP contribution in [0.25, 0.3) is 11.4 Å². The van der Waals surface area contributed by atoms with Crippen LogP contribution in [0.4, 0.5) is 11.6 Å². The number of nitrogens with zero attached hydrogens (tertiary/aromatic N) is 4. The zero-order chi connectivity index (χ0) is 25.9. The van der Waals surface area contributed by atoms with Crippen molar-refractivity contribution >= 4 is 17.5 Å². The van der Waals surface area contributed by atoms with E-state index in [4.69, 9.17) is 24.3 Å². The number of carbonyl (C=O) groups is 1. The van der Waals surface area contributed by atoms with Gasteiger partial charge in [-0.1, -0.05) is 24.3 Å². The van der Waals surface area contributed by atoms with Gasteiger partial charge in [-0.15, -0.1) is 5.10 Å². The van der Waals surface area contributed by atoms with Crippen LogP contribution >= 0.6 is 0 Å². The molecule has 37 heavy (non-hydrogen) atoms. The fourth-order valence-electron chi connectivity index (χ4n) is 4.42. The SMILES string of the molecule is COc1ccccc1NC(=O)C1=C(C)Nc2nc(-c3ccncc3)nn2C1c1cccc(OC)c1OC. The Morgan fingerprint density at radius 2 is 1.68 bits per heavy atom. The van der Waals surface area contributed by atoms with Crippen LogP contribution in [-0.4, -0.2) is 47.0 Å². The van der Waals surface area contributed by atoms with E-state index in [1.807, 2.05) is 43.3 Å². The molecule has 0 spiro atoms. The summed E-state index contributed by atoms with van der Waals surface area (Å²) >= 11 is 0. The van der Waals surface area contributed by atoms with Crippen LogP contribution in [0.5, 0.6) is 17.2 Å². The Bertz CT molecular complexity index is 1480. The van der Waals surface area contributed by atoms with E-state index < -0.39 is 6.04 Å². The largest absolute Gasteiger partial charge is 0.495 e. The van der Waals surface area contributed by atoms with Crippen molar-refractivity contribution in [2.24, 2.45) is 0 Å². The number of anilines is 2. The Morgan fingerprint density at radius 3 is 2.41 bits per heavy atom. The van der Waals surface area contributed by atoms with Crippen LogP contribution in [0.2, 0.25) is 0 Å². The van der Waals surface area contributed by atoms with Gasteiger partial charge in [-0.3, -0.25) is 9.78 Å². The molecule has 188 valence electrons. The van der Waals surface area contributed by atoms with Crippen molar-refractivity contribution in [1.29, 1.82) is 0 Å². The fourth-order valence-corrected chi connectivity index (χ4v) is 4.42. The summed E-state index contributed by atoms with van der Waals surface area (Å²) in [5.74, 6) is 2.26. The monoisotopic (exact) mass is 498 g/mol. The molecule has 2 aromatic heterocycles. The maximum Gasteiger partial charge on any atom is 0.255 e.